The first kappa shape index (κ1) is 19.0. The summed E-state index contributed by atoms with van der Waals surface area (Å²) in [4.78, 5) is 33.1. The molecular formula is C19H16ClN3O3S. The van der Waals surface area contributed by atoms with Crippen LogP contribution in [0.3, 0.4) is 0 Å². The van der Waals surface area contributed by atoms with Gasteiger partial charge in [-0.25, -0.2) is 4.98 Å². The van der Waals surface area contributed by atoms with E-state index in [1.807, 2.05) is 23.6 Å². The van der Waals surface area contributed by atoms with Gasteiger partial charge in [0.15, 0.2) is 10.9 Å². The second-order valence-electron chi connectivity index (χ2n) is 5.57. The van der Waals surface area contributed by atoms with Crippen molar-refractivity contribution < 1.29 is 14.3 Å². The van der Waals surface area contributed by atoms with Crippen molar-refractivity contribution in [2.45, 2.75) is 12.8 Å². The molecular weight excluding hydrogens is 386 g/mol. The Kier molecular flexibility index (Phi) is 6.16. The van der Waals surface area contributed by atoms with Crippen molar-refractivity contribution in [2.75, 3.05) is 12.4 Å². The molecule has 138 valence electrons. The second kappa shape index (κ2) is 8.75. The van der Waals surface area contributed by atoms with E-state index in [1.54, 1.807) is 24.4 Å². The van der Waals surface area contributed by atoms with Gasteiger partial charge in [0, 0.05) is 29.4 Å². The Bertz CT molecular complexity index is 960. The van der Waals surface area contributed by atoms with E-state index in [2.05, 4.69) is 15.3 Å². The van der Waals surface area contributed by atoms with Crippen LogP contribution in [0.4, 0.5) is 5.13 Å². The molecule has 1 N–H and O–H groups in total. The molecule has 0 aliphatic rings. The molecule has 0 aliphatic heterocycles. The number of ketones is 1. The van der Waals surface area contributed by atoms with Crippen LogP contribution in [0.5, 0.6) is 5.75 Å². The lowest BCUT2D eigenvalue weighted by Gasteiger charge is -2.08. The lowest BCUT2D eigenvalue weighted by atomic mass is 10.1. The third-order valence-electron chi connectivity index (χ3n) is 3.72. The first-order valence-electron chi connectivity index (χ1n) is 8.10. The molecule has 2 aromatic heterocycles. The van der Waals surface area contributed by atoms with Crippen LogP contribution in [-0.2, 0) is 4.79 Å². The molecule has 0 aliphatic carbocycles. The van der Waals surface area contributed by atoms with Crippen LogP contribution < -0.4 is 10.1 Å². The predicted octanol–water partition coefficient (Wildman–Crippen LogP) is 4.47. The Morgan fingerprint density at radius 1 is 1.19 bits per heavy atom. The minimum atomic E-state index is -0.286. The van der Waals surface area contributed by atoms with Crippen LogP contribution >= 0.6 is 22.9 Å². The summed E-state index contributed by atoms with van der Waals surface area (Å²) in [7, 11) is 1.48. The number of hydrogen-bond donors (Lipinski definition) is 1. The SMILES string of the molecule is COc1ccc(Cl)cc1C(=O)CCC(=O)Nc1nc(-c2ccccn2)cs1. The number of Topliss-reactive ketones (excluding diaryl/α,β-unsaturated/α-hetero) is 1. The monoisotopic (exact) mass is 401 g/mol. The van der Waals surface area contributed by atoms with E-state index in [9.17, 15) is 9.59 Å². The number of amides is 1. The smallest absolute Gasteiger partial charge is 0.226 e. The van der Waals surface area contributed by atoms with Gasteiger partial charge in [-0.1, -0.05) is 17.7 Å². The van der Waals surface area contributed by atoms with Gasteiger partial charge in [0.1, 0.15) is 11.4 Å². The van der Waals surface area contributed by atoms with Gasteiger partial charge in [-0.15, -0.1) is 11.3 Å². The third-order valence-corrected chi connectivity index (χ3v) is 4.71. The van der Waals surface area contributed by atoms with E-state index in [-0.39, 0.29) is 24.5 Å². The number of hydrogen-bond acceptors (Lipinski definition) is 6. The second-order valence-corrected chi connectivity index (χ2v) is 6.86. The summed E-state index contributed by atoms with van der Waals surface area (Å²) in [6, 6.07) is 10.4. The summed E-state index contributed by atoms with van der Waals surface area (Å²) >= 11 is 7.25. The number of halogens is 1. The molecule has 2 heterocycles. The van der Waals surface area contributed by atoms with Gasteiger partial charge in [0.05, 0.1) is 18.4 Å². The third kappa shape index (κ3) is 4.90. The van der Waals surface area contributed by atoms with E-state index >= 15 is 0 Å². The number of nitrogens with zero attached hydrogens (tertiary/aromatic N) is 2. The van der Waals surface area contributed by atoms with Crippen molar-refractivity contribution in [3.05, 3.63) is 58.6 Å². The molecule has 0 saturated heterocycles. The Morgan fingerprint density at radius 3 is 2.78 bits per heavy atom. The van der Waals surface area contributed by atoms with Crippen molar-refractivity contribution in [2.24, 2.45) is 0 Å². The molecule has 0 radical (unpaired) electrons. The number of thiazole rings is 1. The van der Waals surface area contributed by atoms with Crippen LogP contribution in [0.25, 0.3) is 11.4 Å². The van der Waals surface area contributed by atoms with Gasteiger partial charge in [-0.2, -0.15) is 0 Å². The fourth-order valence-corrected chi connectivity index (χ4v) is 3.30. The van der Waals surface area contributed by atoms with Crippen molar-refractivity contribution in [3.63, 3.8) is 0 Å². The lowest BCUT2D eigenvalue weighted by molar-refractivity contribution is -0.116. The highest BCUT2D eigenvalue weighted by atomic mass is 35.5. The fraction of sp³-hybridized carbons (Fsp3) is 0.158. The quantitative estimate of drug-likeness (QED) is 0.591. The summed E-state index contributed by atoms with van der Waals surface area (Å²) in [5.74, 6) is -0.0613. The Balaban J connectivity index is 1.58. The summed E-state index contributed by atoms with van der Waals surface area (Å²) in [5, 5.41) is 5.43. The van der Waals surface area contributed by atoms with E-state index in [1.165, 1.54) is 18.4 Å². The van der Waals surface area contributed by atoms with Crippen LogP contribution in [0.15, 0.2) is 48.0 Å². The van der Waals surface area contributed by atoms with Gasteiger partial charge < -0.3 is 10.1 Å². The number of aromatic nitrogens is 2. The summed E-state index contributed by atoms with van der Waals surface area (Å²) in [6.45, 7) is 0. The van der Waals surface area contributed by atoms with E-state index in [4.69, 9.17) is 16.3 Å². The molecule has 0 bridgehead atoms. The van der Waals surface area contributed by atoms with Crippen LogP contribution in [0, 0.1) is 0 Å². The summed E-state index contributed by atoms with van der Waals surface area (Å²) in [5.41, 5.74) is 1.79. The number of rotatable bonds is 7. The topological polar surface area (TPSA) is 81.2 Å². The predicted molar refractivity (Wildman–Crippen MR) is 106 cm³/mol. The highest BCUT2D eigenvalue weighted by molar-refractivity contribution is 7.14. The molecule has 8 heteroatoms. The van der Waals surface area contributed by atoms with E-state index < -0.39 is 0 Å². The number of carbonyl (C=O) groups excluding carboxylic acids is 2. The van der Waals surface area contributed by atoms with Gasteiger partial charge in [0.2, 0.25) is 5.91 Å². The first-order valence-corrected chi connectivity index (χ1v) is 9.36. The molecule has 0 atom stereocenters. The fourth-order valence-electron chi connectivity index (χ4n) is 2.40. The Labute approximate surface area is 165 Å². The van der Waals surface area contributed by atoms with Crippen molar-refractivity contribution in [1.29, 1.82) is 0 Å². The molecule has 3 rings (SSSR count). The number of pyridine rings is 1. The largest absolute Gasteiger partial charge is 0.496 e. The van der Waals surface area contributed by atoms with E-state index in [0.717, 1.165) is 5.69 Å². The highest BCUT2D eigenvalue weighted by Gasteiger charge is 2.15. The standard InChI is InChI=1S/C19H16ClN3O3S/c1-26-17-7-5-12(20)10-13(17)16(24)6-8-18(25)23-19-22-15(11-27-19)14-4-2-3-9-21-14/h2-5,7,9-11H,6,8H2,1H3,(H,22,23,25). The van der Waals surface area contributed by atoms with E-state index in [0.29, 0.717) is 27.2 Å². The number of methoxy groups -OCH3 is 1. The van der Waals surface area contributed by atoms with Crippen LogP contribution in [0.2, 0.25) is 5.02 Å². The van der Waals surface area contributed by atoms with Crippen molar-refractivity contribution in [3.8, 4) is 17.1 Å². The maximum absolute atomic E-state index is 12.4. The molecule has 0 saturated carbocycles. The highest BCUT2D eigenvalue weighted by Crippen LogP contribution is 2.25. The zero-order valence-electron chi connectivity index (χ0n) is 14.4. The zero-order valence-corrected chi connectivity index (χ0v) is 16.0. The average molecular weight is 402 g/mol. The maximum atomic E-state index is 12.4. The number of carbonyl (C=O) groups is 2. The minimum absolute atomic E-state index is 0.0347. The van der Waals surface area contributed by atoms with Crippen LogP contribution in [0.1, 0.15) is 23.2 Å². The molecule has 27 heavy (non-hydrogen) atoms. The lowest BCUT2D eigenvalue weighted by Crippen LogP contribution is -2.13. The molecule has 0 spiro atoms. The van der Waals surface area contributed by atoms with Gasteiger partial charge in [-0.05, 0) is 30.3 Å². The first-order chi connectivity index (χ1) is 13.1. The number of nitrogens with one attached hydrogen (secondary N) is 1. The summed E-state index contributed by atoms with van der Waals surface area (Å²) in [6.07, 6.45) is 1.76. The minimum Gasteiger partial charge on any atom is -0.496 e. The Hall–Kier alpha value is -2.77. The number of ether oxygens (including phenoxy) is 1. The van der Waals surface area contributed by atoms with Crippen molar-refractivity contribution in [1.82, 2.24) is 9.97 Å². The molecule has 1 amide bonds. The van der Waals surface area contributed by atoms with Gasteiger partial charge in [-0.3, -0.25) is 14.6 Å². The van der Waals surface area contributed by atoms with Gasteiger partial charge in [0.25, 0.3) is 0 Å². The zero-order chi connectivity index (χ0) is 19.2. The molecule has 0 fully saturated rings. The number of anilines is 1. The summed E-state index contributed by atoms with van der Waals surface area (Å²) < 4.78 is 5.17. The van der Waals surface area contributed by atoms with Crippen LogP contribution in [-0.4, -0.2) is 28.8 Å². The molecule has 3 aromatic rings. The normalized spacial score (nSPS) is 10.4. The average Bonchev–Trinajstić information content (AvgIpc) is 3.15. The maximum Gasteiger partial charge on any atom is 0.226 e. The van der Waals surface area contributed by atoms with Crippen molar-refractivity contribution >= 4 is 39.8 Å². The number of benzene rings is 1. The molecule has 0 unspecified atom stereocenters. The molecule has 6 nitrogen and oxygen atoms in total. The van der Waals surface area contributed by atoms with Gasteiger partial charge >= 0.3 is 0 Å². The Morgan fingerprint density at radius 2 is 2.04 bits per heavy atom. The molecule has 1 aromatic carbocycles.